The van der Waals surface area contributed by atoms with Crippen molar-refractivity contribution in [2.45, 2.75) is 47.1 Å². The lowest BCUT2D eigenvalue weighted by Crippen LogP contribution is -2.26. The fourth-order valence-corrected chi connectivity index (χ4v) is 3.03. The molecule has 0 bridgehead atoms. The van der Waals surface area contributed by atoms with Crippen LogP contribution >= 0.6 is 0 Å². The maximum absolute atomic E-state index is 5.87. The Kier molecular flexibility index (Phi) is 11.2. The number of amidine groups is 1. The minimum absolute atomic E-state index is 0.0204. The average Bonchev–Trinajstić information content (AvgIpc) is 3.16. The molecule has 0 aliphatic carbocycles. The molecule has 2 heterocycles. The van der Waals surface area contributed by atoms with Crippen LogP contribution in [-0.4, -0.2) is 42.2 Å². The van der Waals surface area contributed by atoms with E-state index in [-0.39, 0.29) is 11.9 Å². The largest absolute Gasteiger partial charge is 0.473 e. The van der Waals surface area contributed by atoms with Gasteiger partial charge in [-0.15, -0.1) is 5.10 Å². The molecule has 3 rings (SSSR count). The minimum Gasteiger partial charge on any atom is -0.473 e. The SMILES string of the molecule is C=C1OC(CN)CN1c1ccc(-c2ccc(/C(N)=N/N(C)N)nc2)cc1C.CC.CCC. The van der Waals surface area contributed by atoms with Gasteiger partial charge in [0.15, 0.2) is 11.7 Å². The average molecular weight is 442 g/mol. The lowest BCUT2D eigenvalue weighted by Gasteiger charge is -2.19. The number of pyridine rings is 1. The Labute approximate surface area is 192 Å². The van der Waals surface area contributed by atoms with E-state index in [0.717, 1.165) is 27.5 Å². The number of ether oxygens (including phenoxy) is 1. The minimum atomic E-state index is -0.0204. The summed E-state index contributed by atoms with van der Waals surface area (Å²) in [6.45, 7) is 15.5. The first-order valence-corrected chi connectivity index (χ1v) is 11.0. The molecule has 0 saturated carbocycles. The molecule has 0 amide bonds. The van der Waals surface area contributed by atoms with Gasteiger partial charge in [-0.25, -0.2) is 11.0 Å². The van der Waals surface area contributed by atoms with Crippen LogP contribution in [0.4, 0.5) is 5.69 Å². The van der Waals surface area contributed by atoms with Crippen molar-refractivity contribution in [3.63, 3.8) is 0 Å². The Balaban J connectivity index is 0.000000944. The topological polar surface area (TPSA) is 119 Å². The normalized spacial score (nSPS) is 15.2. The number of hydrogen-bond donors (Lipinski definition) is 3. The van der Waals surface area contributed by atoms with Crippen LogP contribution in [0.2, 0.25) is 0 Å². The molecule has 32 heavy (non-hydrogen) atoms. The van der Waals surface area contributed by atoms with Crippen LogP contribution in [0.25, 0.3) is 11.1 Å². The first kappa shape index (κ1) is 26.9. The standard InChI is InChI=1S/C19H25N7O.C3H8.C2H6/c1-12-8-14(5-7-18(12)26-11-16(9-20)27-13(26)2)15-4-6-17(23-10-15)19(21)24-25(3)22;1-3-2;1-2/h4-8,10,16H,2,9,11,20,22H2,1,3H3,(H2,21,24);3H2,1-2H3;1-2H3. The van der Waals surface area contributed by atoms with E-state index in [4.69, 9.17) is 22.0 Å². The third-order valence-corrected chi connectivity index (χ3v) is 4.37. The zero-order valence-corrected chi connectivity index (χ0v) is 20.3. The molecule has 8 nitrogen and oxygen atoms in total. The van der Waals surface area contributed by atoms with E-state index in [9.17, 15) is 0 Å². The van der Waals surface area contributed by atoms with E-state index in [2.05, 4.69) is 54.5 Å². The number of hydrazine groups is 1. The van der Waals surface area contributed by atoms with Crippen LogP contribution in [0.3, 0.4) is 0 Å². The molecule has 1 aliphatic heterocycles. The summed E-state index contributed by atoms with van der Waals surface area (Å²) in [4.78, 5) is 6.43. The molecule has 6 N–H and O–H groups in total. The molecule has 0 radical (unpaired) electrons. The van der Waals surface area contributed by atoms with Crippen molar-refractivity contribution in [3.05, 3.63) is 60.2 Å². The number of hydrazone groups is 1. The molecule has 1 fully saturated rings. The van der Waals surface area contributed by atoms with E-state index in [1.54, 1.807) is 13.2 Å². The van der Waals surface area contributed by atoms with E-state index >= 15 is 0 Å². The van der Waals surface area contributed by atoms with Crippen molar-refractivity contribution in [1.29, 1.82) is 0 Å². The van der Waals surface area contributed by atoms with Crippen LogP contribution in [0.5, 0.6) is 0 Å². The summed E-state index contributed by atoms with van der Waals surface area (Å²) in [5.74, 6) is 6.37. The zero-order chi connectivity index (χ0) is 24.3. The second kappa shape index (κ2) is 13.3. The van der Waals surface area contributed by atoms with Gasteiger partial charge in [0.1, 0.15) is 11.8 Å². The summed E-state index contributed by atoms with van der Waals surface area (Å²) in [6.07, 6.45) is 3.00. The number of benzene rings is 1. The first-order valence-electron chi connectivity index (χ1n) is 11.0. The second-order valence-electron chi connectivity index (χ2n) is 7.18. The highest BCUT2D eigenvalue weighted by Gasteiger charge is 2.27. The van der Waals surface area contributed by atoms with Gasteiger partial charge in [0.05, 0.1) is 6.54 Å². The van der Waals surface area contributed by atoms with E-state index in [1.165, 1.54) is 6.42 Å². The molecule has 2 aromatic rings. The Morgan fingerprint density at radius 2 is 1.88 bits per heavy atom. The van der Waals surface area contributed by atoms with Crippen LogP contribution in [0, 0.1) is 6.92 Å². The monoisotopic (exact) mass is 441 g/mol. The molecular formula is C24H39N7O. The molecule has 1 unspecified atom stereocenters. The van der Waals surface area contributed by atoms with E-state index in [1.807, 2.05) is 32.0 Å². The number of hydrogen-bond acceptors (Lipinski definition) is 7. The van der Waals surface area contributed by atoms with Gasteiger partial charge >= 0.3 is 0 Å². The Hall–Kier alpha value is -3.10. The van der Waals surface area contributed by atoms with Gasteiger partial charge in [0, 0.05) is 31.0 Å². The van der Waals surface area contributed by atoms with E-state index in [0.29, 0.717) is 24.7 Å². The molecule has 1 aromatic carbocycles. The lowest BCUT2D eigenvalue weighted by atomic mass is 10.0. The summed E-state index contributed by atoms with van der Waals surface area (Å²) >= 11 is 0. The molecule has 1 saturated heterocycles. The van der Waals surface area contributed by atoms with Gasteiger partial charge in [0.2, 0.25) is 0 Å². The van der Waals surface area contributed by atoms with E-state index < -0.39 is 0 Å². The van der Waals surface area contributed by atoms with Gasteiger partial charge in [-0.05, 0) is 42.8 Å². The molecule has 1 atom stereocenters. The highest BCUT2D eigenvalue weighted by Crippen LogP contribution is 2.32. The van der Waals surface area contributed by atoms with Crippen molar-refractivity contribution in [2.24, 2.45) is 22.4 Å². The third kappa shape index (κ3) is 7.25. The predicted octanol–water partition coefficient (Wildman–Crippen LogP) is 3.56. The molecule has 1 aliphatic rings. The highest BCUT2D eigenvalue weighted by atomic mass is 16.5. The highest BCUT2D eigenvalue weighted by molar-refractivity contribution is 5.95. The number of anilines is 1. The van der Waals surface area contributed by atoms with Crippen molar-refractivity contribution >= 4 is 11.5 Å². The van der Waals surface area contributed by atoms with Crippen LogP contribution in [0.15, 0.2) is 54.1 Å². The molecule has 0 spiro atoms. The fraction of sp³-hybridized carbons (Fsp3) is 0.417. The van der Waals surface area contributed by atoms with Crippen molar-refractivity contribution < 1.29 is 4.74 Å². The second-order valence-corrected chi connectivity index (χ2v) is 7.18. The summed E-state index contributed by atoms with van der Waals surface area (Å²) in [6, 6.07) is 10.00. The number of nitrogens with zero attached hydrogens (tertiary/aromatic N) is 4. The summed E-state index contributed by atoms with van der Waals surface area (Å²) in [7, 11) is 1.60. The van der Waals surface area contributed by atoms with Crippen molar-refractivity contribution in [1.82, 2.24) is 10.1 Å². The lowest BCUT2D eigenvalue weighted by molar-refractivity contribution is 0.176. The summed E-state index contributed by atoms with van der Waals surface area (Å²) in [5, 5.41) is 5.10. The van der Waals surface area contributed by atoms with Gasteiger partial charge in [-0.2, -0.15) is 0 Å². The first-order chi connectivity index (χ1) is 15.3. The van der Waals surface area contributed by atoms with Gasteiger partial charge in [-0.1, -0.05) is 46.2 Å². The van der Waals surface area contributed by atoms with Crippen molar-refractivity contribution in [2.75, 3.05) is 25.0 Å². The van der Waals surface area contributed by atoms with Gasteiger partial charge in [-0.3, -0.25) is 4.98 Å². The zero-order valence-electron chi connectivity index (χ0n) is 20.3. The third-order valence-electron chi connectivity index (χ3n) is 4.37. The maximum Gasteiger partial charge on any atom is 0.186 e. The quantitative estimate of drug-likeness (QED) is 0.281. The van der Waals surface area contributed by atoms with Crippen LogP contribution in [0.1, 0.15) is 45.4 Å². The van der Waals surface area contributed by atoms with Crippen molar-refractivity contribution in [3.8, 4) is 11.1 Å². The maximum atomic E-state index is 5.87. The number of aromatic nitrogens is 1. The number of nitrogens with two attached hydrogens (primary N) is 3. The molecule has 8 heteroatoms. The Morgan fingerprint density at radius 3 is 2.34 bits per heavy atom. The Morgan fingerprint density at radius 1 is 1.25 bits per heavy atom. The molecular weight excluding hydrogens is 402 g/mol. The molecule has 176 valence electrons. The smallest absolute Gasteiger partial charge is 0.186 e. The fourth-order valence-electron chi connectivity index (χ4n) is 3.03. The van der Waals surface area contributed by atoms with Crippen LogP contribution in [-0.2, 0) is 4.74 Å². The summed E-state index contributed by atoms with van der Waals surface area (Å²) in [5.41, 5.74) is 16.4. The van der Waals surface area contributed by atoms with Gasteiger partial charge in [0.25, 0.3) is 0 Å². The van der Waals surface area contributed by atoms with Crippen LogP contribution < -0.4 is 22.2 Å². The number of aryl methyl sites for hydroxylation is 1. The number of rotatable bonds is 5. The molecule has 1 aromatic heterocycles. The predicted molar refractivity (Wildman–Crippen MR) is 135 cm³/mol. The van der Waals surface area contributed by atoms with Gasteiger partial charge < -0.3 is 21.1 Å². The Bertz CT molecular complexity index is 878. The summed E-state index contributed by atoms with van der Waals surface area (Å²) < 4.78 is 5.67.